The van der Waals surface area contributed by atoms with E-state index in [-0.39, 0.29) is 0 Å². The predicted molar refractivity (Wildman–Crippen MR) is 82.1 cm³/mol. The molecule has 2 nitrogen and oxygen atoms in total. The van der Waals surface area contributed by atoms with Gasteiger partial charge in [0, 0.05) is 23.8 Å². The van der Waals surface area contributed by atoms with Crippen molar-refractivity contribution < 1.29 is 0 Å². The first kappa shape index (κ1) is 13.3. The van der Waals surface area contributed by atoms with Crippen molar-refractivity contribution in [1.29, 1.82) is 0 Å². The molecule has 0 saturated carbocycles. The smallest absolute Gasteiger partial charge is 0.106 e. The molecule has 0 aliphatic carbocycles. The Morgan fingerprint density at radius 3 is 2.61 bits per heavy atom. The first-order chi connectivity index (χ1) is 8.50. The van der Waals surface area contributed by atoms with E-state index in [1.165, 1.54) is 12.1 Å². The molecule has 0 spiro atoms. The van der Waals surface area contributed by atoms with Gasteiger partial charge >= 0.3 is 0 Å². The van der Waals surface area contributed by atoms with Gasteiger partial charge in [-0.2, -0.15) is 0 Å². The Hall–Kier alpha value is -1.09. The third-order valence-corrected chi connectivity index (χ3v) is 4.30. The van der Waals surface area contributed by atoms with Gasteiger partial charge in [0.15, 0.2) is 0 Å². The van der Waals surface area contributed by atoms with Gasteiger partial charge in [-0.05, 0) is 37.3 Å². The lowest BCUT2D eigenvalue weighted by Crippen LogP contribution is -2.46. The van der Waals surface area contributed by atoms with Crippen molar-refractivity contribution in [2.75, 3.05) is 11.4 Å². The third kappa shape index (κ3) is 2.51. The van der Waals surface area contributed by atoms with Crippen LogP contribution in [-0.4, -0.2) is 17.6 Å². The average molecular weight is 262 g/mol. The molecule has 2 rings (SSSR count). The summed E-state index contributed by atoms with van der Waals surface area (Å²) in [7, 11) is 0. The SMILES string of the molecule is CC1CC(C)C(C)N(c2ccccc2C(N)=S)C1. The van der Waals surface area contributed by atoms with Crippen LogP contribution in [0.4, 0.5) is 5.69 Å². The maximum atomic E-state index is 5.84. The van der Waals surface area contributed by atoms with E-state index in [9.17, 15) is 0 Å². The fraction of sp³-hybridized carbons (Fsp3) is 0.533. The Balaban J connectivity index is 2.38. The molecule has 2 N–H and O–H groups in total. The van der Waals surface area contributed by atoms with Crippen molar-refractivity contribution in [1.82, 2.24) is 0 Å². The van der Waals surface area contributed by atoms with E-state index in [0.717, 1.165) is 18.0 Å². The predicted octanol–water partition coefficient (Wildman–Crippen LogP) is 3.19. The summed E-state index contributed by atoms with van der Waals surface area (Å²) in [6.07, 6.45) is 1.30. The highest BCUT2D eigenvalue weighted by molar-refractivity contribution is 7.80. The molecule has 3 atom stereocenters. The first-order valence-corrected chi connectivity index (χ1v) is 7.07. The van der Waals surface area contributed by atoms with Crippen LogP contribution in [0.1, 0.15) is 32.8 Å². The van der Waals surface area contributed by atoms with Crippen molar-refractivity contribution in [2.24, 2.45) is 17.6 Å². The molecule has 18 heavy (non-hydrogen) atoms. The highest BCUT2D eigenvalue weighted by Gasteiger charge is 2.30. The summed E-state index contributed by atoms with van der Waals surface area (Å²) in [4.78, 5) is 2.96. The number of nitrogens with zero attached hydrogens (tertiary/aromatic N) is 1. The lowest BCUT2D eigenvalue weighted by molar-refractivity contribution is 0.297. The van der Waals surface area contributed by atoms with Crippen LogP contribution in [0.2, 0.25) is 0 Å². The van der Waals surface area contributed by atoms with E-state index in [0.29, 0.717) is 16.9 Å². The zero-order valence-corrected chi connectivity index (χ0v) is 12.2. The van der Waals surface area contributed by atoms with Crippen LogP contribution in [0, 0.1) is 11.8 Å². The fourth-order valence-corrected chi connectivity index (χ4v) is 3.14. The highest BCUT2D eigenvalue weighted by atomic mass is 32.1. The van der Waals surface area contributed by atoms with Gasteiger partial charge in [0.1, 0.15) is 4.99 Å². The fourth-order valence-electron chi connectivity index (χ4n) is 2.97. The number of piperidine rings is 1. The standard InChI is InChI=1S/C15H22N2S/c1-10-8-11(2)12(3)17(9-10)14-7-5-4-6-13(14)15(16)18/h4-7,10-12H,8-9H2,1-3H3,(H2,16,18). The Morgan fingerprint density at radius 1 is 1.28 bits per heavy atom. The van der Waals surface area contributed by atoms with Crippen molar-refractivity contribution in [3.63, 3.8) is 0 Å². The number of hydrogen-bond acceptors (Lipinski definition) is 2. The van der Waals surface area contributed by atoms with Crippen LogP contribution in [-0.2, 0) is 0 Å². The molecule has 1 aliphatic heterocycles. The molecule has 0 radical (unpaired) electrons. The van der Waals surface area contributed by atoms with E-state index in [2.05, 4.69) is 37.8 Å². The van der Waals surface area contributed by atoms with Crippen molar-refractivity contribution >= 4 is 22.9 Å². The average Bonchev–Trinajstić information content (AvgIpc) is 2.33. The lowest BCUT2D eigenvalue weighted by Gasteiger charge is -2.43. The maximum Gasteiger partial charge on any atom is 0.106 e. The molecule has 1 aliphatic rings. The number of benzene rings is 1. The Bertz CT molecular complexity index is 444. The second-order valence-electron chi connectivity index (χ2n) is 5.59. The molecule has 0 bridgehead atoms. The van der Waals surface area contributed by atoms with Crippen LogP contribution in [0.5, 0.6) is 0 Å². The van der Waals surface area contributed by atoms with E-state index in [1.807, 2.05) is 12.1 Å². The molecule has 0 amide bonds. The van der Waals surface area contributed by atoms with Crippen LogP contribution in [0.3, 0.4) is 0 Å². The monoisotopic (exact) mass is 262 g/mol. The molecule has 0 aromatic heterocycles. The topological polar surface area (TPSA) is 29.3 Å². The second-order valence-corrected chi connectivity index (χ2v) is 6.03. The van der Waals surface area contributed by atoms with Gasteiger partial charge in [-0.3, -0.25) is 0 Å². The highest BCUT2D eigenvalue weighted by Crippen LogP contribution is 2.33. The lowest BCUT2D eigenvalue weighted by atomic mass is 9.85. The van der Waals surface area contributed by atoms with Crippen LogP contribution in [0.15, 0.2) is 24.3 Å². The van der Waals surface area contributed by atoms with Crippen LogP contribution < -0.4 is 10.6 Å². The second kappa shape index (κ2) is 5.27. The molecule has 1 heterocycles. The van der Waals surface area contributed by atoms with Gasteiger partial charge in [0.25, 0.3) is 0 Å². The molecule has 1 fully saturated rings. The summed E-state index contributed by atoms with van der Waals surface area (Å²) >= 11 is 5.17. The first-order valence-electron chi connectivity index (χ1n) is 6.66. The number of thiocarbonyl (C=S) groups is 1. The van der Waals surface area contributed by atoms with Crippen LogP contribution >= 0.6 is 12.2 Å². The minimum Gasteiger partial charge on any atom is -0.389 e. The zero-order valence-electron chi connectivity index (χ0n) is 11.4. The Labute approximate surface area is 115 Å². The van der Waals surface area contributed by atoms with E-state index in [1.54, 1.807) is 0 Å². The van der Waals surface area contributed by atoms with Gasteiger partial charge in [0.2, 0.25) is 0 Å². The molecule has 3 unspecified atom stereocenters. The molecule has 3 heteroatoms. The summed E-state index contributed by atoms with van der Waals surface area (Å²) in [6, 6.07) is 8.76. The summed E-state index contributed by atoms with van der Waals surface area (Å²) < 4.78 is 0. The number of anilines is 1. The van der Waals surface area contributed by atoms with Crippen LogP contribution in [0.25, 0.3) is 0 Å². The quantitative estimate of drug-likeness (QED) is 0.830. The molecule has 1 saturated heterocycles. The Morgan fingerprint density at radius 2 is 1.94 bits per heavy atom. The van der Waals surface area contributed by atoms with E-state index >= 15 is 0 Å². The van der Waals surface area contributed by atoms with Gasteiger partial charge < -0.3 is 10.6 Å². The van der Waals surface area contributed by atoms with Gasteiger partial charge in [0.05, 0.1) is 0 Å². The minimum atomic E-state index is 0.490. The third-order valence-electron chi connectivity index (χ3n) is 4.08. The molecular weight excluding hydrogens is 240 g/mol. The maximum absolute atomic E-state index is 5.84. The van der Waals surface area contributed by atoms with E-state index in [4.69, 9.17) is 18.0 Å². The van der Waals surface area contributed by atoms with Gasteiger partial charge in [-0.15, -0.1) is 0 Å². The zero-order chi connectivity index (χ0) is 13.3. The summed E-state index contributed by atoms with van der Waals surface area (Å²) in [6.45, 7) is 8.04. The Kier molecular flexibility index (Phi) is 3.91. The molecule has 1 aromatic rings. The minimum absolute atomic E-state index is 0.490. The van der Waals surface area contributed by atoms with Gasteiger partial charge in [-0.1, -0.05) is 38.2 Å². The summed E-state index contributed by atoms with van der Waals surface area (Å²) in [5, 5.41) is 0. The number of hydrogen-bond donors (Lipinski definition) is 1. The largest absolute Gasteiger partial charge is 0.389 e. The summed E-state index contributed by atoms with van der Waals surface area (Å²) in [5.41, 5.74) is 8.03. The normalized spacial score (nSPS) is 28.2. The van der Waals surface area contributed by atoms with E-state index < -0.39 is 0 Å². The van der Waals surface area contributed by atoms with Crippen molar-refractivity contribution in [3.8, 4) is 0 Å². The number of nitrogens with two attached hydrogens (primary N) is 1. The number of rotatable bonds is 2. The van der Waals surface area contributed by atoms with Crippen molar-refractivity contribution in [3.05, 3.63) is 29.8 Å². The molecule has 1 aromatic carbocycles. The van der Waals surface area contributed by atoms with Gasteiger partial charge in [-0.25, -0.2) is 0 Å². The molecular formula is C15H22N2S. The van der Waals surface area contributed by atoms with Crippen molar-refractivity contribution in [2.45, 2.75) is 33.2 Å². The molecule has 98 valence electrons. The number of para-hydroxylation sites is 1. The summed E-state index contributed by atoms with van der Waals surface area (Å²) in [5.74, 6) is 1.42.